The fourth-order valence-corrected chi connectivity index (χ4v) is 2.97. The number of nitrogens with one attached hydrogen (secondary N) is 1. The molecule has 0 aromatic heterocycles. The van der Waals surface area contributed by atoms with Crippen molar-refractivity contribution in [2.75, 3.05) is 13.3 Å². The van der Waals surface area contributed by atoms with Gasteiger partial charge in [0.05, 0.1) is 6.26 Å². The minimum atomic E-state index is -3.53. The topological polar surface area (TPSA) is 66.5 Å². The van der Waals surface area contributed by atoms with E-state index in [4.69, 9.17) is 11.6 Å². The highest BCUT2D eigenvalue weighted by molar-refractivity contribution is 7.88. The van der Waals surface area contributed by atoms with Crippen LogP contribution in [0, 0.1) is 0 Å². The van der Waals surface area contributed by atoms with Gasteiger partial charge < -0.3 is 5.32 Å². The van der Waals surface area contributed by atoms with Gasteiger partial charge in [-0.3, -0.25) is 4.79 Å². The Hall–Kier alpha value is -1.89. The summed E-state index contributed by atoms with van der Waals surface area (Å²) in [5.74, 6) is -0.385. The maximum atomic E-state index is 12.6. The number of hydrogen-bond acceptors (Lipinski definition) is 3. The molecule has 5 nitrogen and oxygen atoms in total. The van der Waals surface area contributed by atoms with Crippen molar-refractivity contribution in [1.82, 2.24) is 9.62 Å². The van der Waals surface area contributed by atoms with Gasteiger partial charge >= 0.3 is 0 Å². The number of sulfonamides is 1. The Morgan fingerprint density at radius 1 is 1.12 bits per heavy atom. The van der Waals surface area contributed by atoms with Crippen LogP contribution < -0.4 is 5.32 Å². The van der Waals surface area contributed by atoms with E-state index in [1.807, 2.05) is 6.07 Å². The Bertz CT molecular complexity index is 792. The average molecular weight is 367 g/mol. The first-order valence-corrected chi connectivity index (χ1v) is 9.52. The van der Waals surface area contributed by atoms with E-state index in [0.717, 1.165) is 16.1 Å². The van der Waals surface area contributed by atoms with Crippen LogP contribution >= 0.6 is 11.6 Å². The normalized spacial score (nSPS) is 12.8. The number of carbonyl (C=O) groups excluding carboxylic acids is 1. The van der Waals surface area contributed by atoms with Crippen LogP contribution in [0.3, 0.4) is 0 Å². The van der Waals surface area contributed by atoms with E-state index in [-0.39, 0.29) is 12.5 Å². The van der Waals surface area contributed by atoms with Gasteiger partial charge in [-0.15, -0.1) is 0 Å². The van der Waals surface area contributed by atoms with Gasteiger partial charge in [0.25, 0.3) is 0 Å². The van der Waals surface area contributed by atoms with Crippen LogP contribution in [-0.2, 0) is 21.4 Å². The van der Waals surface area contributed by atoms with Gasteiger partial charge in [0.1, 0.15) is 6.04 Å². The van der Waals surface area contributed by atoms with Gasteiger partial charge in [-0.2, -0.15) is 4.31 Å². The molecule has 0 saturated carbocycles. The lowest BCUT2D eigenvalue weighted by atomic mass is 10.1. The minimum absolute atomic E-state index is 0.289. The van der Waals surface area contributed by atoms with Crippen molar-refractivity contribution in [3.8, 4) is 0 Å². The number of likely N-dealkylation sites (N-methyl/N-ethyl adjacent to an activating group) is 1. The summed E-state index contributed by atoms with van der Waals surface area (Å²) in [5.41, 5.74) is 1.49. The summed E-state index contributed by atoms with van der Waals surface area (Å²) < 4.78 is 24.9. The van der Waals surface area contributed by atoms with Crippen molar-refractivity contribution in [3.05, 3.63) is 70.7 Å². The molecule has 1 N–H and O–H groups in total. The van der Waals surface area contributed by atoms with Gasteiger partial charge in [0.15, 0.2) is 0 Å². The summed E-state index contributed by atoms with van der Waals surface area (Å²) in [4.78, 5) is 12.6. The van der Waals surface area contributed by atoms with Crippen LogP contribution in [-0.4, -0.2) is 31.9 Å². The Morgan fingerprint density at radius 3 is 2.25 bits per heavy atom. The summed E-state index contributed by atoms with van der Waals surface area (Å²) in [6, 6.07) is 15.0. The zero-order valence-electron chi connectivity index (χ0n) is 13.4. The first kappa shape index (κ1) is 18.4. The molecular formula is C17H19ClN2O3S. The van der Waals surface area contributed by atoms with Crippen LogP contribution in [0.2, 0.25) is 5.02 Å². The molecule has 0 spiro atoms. The number of carbonyl (C=O) groups is 1. The molecular weight excluding hydrogens is 348 g/mol. The number of halogens is 1. The second-order valence-electron chi connectivity index (χ2n) is 5.44. The fraction of sp³-hybridized carbons (Fsp3) is 0.235. The van der Waals surface area contributed by atoms with Crippen molar-refractivity contribution in [1.29, 1.82) is 0 Å². The van der Waals surface area contributed by atoms with Crippen LogP contribution in [0.15, 0.2) is 54.6 Å². The van der Waals surface area contributed by atoms with Crippen molar-refractivity contribution in [3.63, 3.8) is 0 Å². The molecule has 0 heterocycles. The lowest BCUT2D eigenvalue weighted by molar-refractivity contribution is -0.124. The first-order chi connectivity index (χ1) is 11.3. The summed E-state index contributed by atoms with van der Waals surface area (Å²) >= 11 is 5.84. The maximum absolute atomic E-state index is 12.6. The standard InChI is InChI=1S/C17H19ClN2O3S/c1-20(24(2,22)23)16(14-6-4-3-5-7-14)17(21)19-12-13-8-10-15(18)11-9-13/h3-11,16H,12H2,1-2H3,(H,19,21)/t16-/m1/s1. The van der Waals surface area contributed by atoms with Crippen molar-refractivity contribution < 1.29 is 13.2 Å². The van der Waals surface area contributed by atoms with Gasteiger partial charge in [-0.25, -0.2) is 8.42 Å². The van der Waals surface area contributed by atoms with Crippen LogP contribution in [0.25, 0.3) is 0 Å². The number of nitrogens with zero attached hydrogens (tertiary/aromatic N) is 1. The third-order valence-electron chi connectivity index (χ3n) is 3.63. The van der Waals surface area contributed by atoms with Gasteiger partial charge in [-0.05, 0) is 23.3 Å². The highest BCUT2D eigenvalue weighted by Gasteiger charge is 2.30. The van der Waals surface area contributed by atoms with E-state index in [9.17, 15) is 13.2 Å². The molecule has 0 unspecified atom stereocenters. The van der Waals surface area contributed by atoms with Crippen molar-refractivity contribution in [2.24, 2.45) is 0 Å². The van der Waals surface area contributed by atoms with Crippen molar-refractivity contribution >= 4 is 27.5 Å². The molecule has 0 aliphatic heterocycles. The Balaban J connectivity index is 2.20. The van der Waals surface area contributed by atoms with Gasteiger partial charge in [0.2, 0.25) is 15.9 Å². The lowest BCUT2D eigenvalue weighted by Gasteiger charge is -2.25. The van der Waals surface area contributed by atoms with E-state index < -0.39 is 16.1 Å². The fourth-order valence-electron chi connectivity index (χ4n) is 2.24. The van der Waals surface area contributed by atoms with Crippen LogP contribution in [0.5, 0.6) is 0 Å². The Kier molecular flexibility index (Phi) is 5.99. The third-order valence-corrected chi connectivity index (χ3v) is 5.14. The molecule has 0 saturated heterocycles. The molecule has 24 heavy (non-hydrogen) atoms. The van der Waals surface area contributed by atoms with E-state index in [1.165, 1.54) is 7.05 Å². The van der Waals surface area contributed by atoms with E-state index in [2.05, 4.69) is 5.32 Å². The molecule has 1 amide bonds. The summed E-state index contributed by atoms with van der Waals surface area (Å²) in [7, 11) is -2.13. The summed E-state index contributed by atoms with van der Waals surface area (Å²) in [6.45, 7) is 0.289. The SMILES string of the molecule is CN([C@@H](C(=O)NCc1ccc(Cl)cc1)c1ccccc1)S(C)(=O)=O. The Labute approximate surface area is 147 Å². The largest absolute Gasteiger partial charge is 0.350 e. The summed E-state index contributed by atoms with van der Waals surface area (Å²) in [6.07, 6.45) is 1.08. The van der Waals surface area contributed by atoms with Crippen LogP contribution in [0.1, 0.15) is 17.2 Å². The average Bonchev–Trinajstić information content (AvgIpc) is 2.54. The molecule has 0 radical (unpaired) electrons. The monoisotopic (exact) mass is 366 g/mol. The highest BCUT2D eigenvalue weighted by Crippen LogP contribution is 2.22. The molecule has 0 bridgehead atoms. The molecule has 1 atom stereocenters. The minimum Gasteiger partial charge on any atom is -0.350 e. The second kappa shape index (κ2) is 7.79. The summed E-state index contributed by atoms with van der Waals surface area (Å²) in [5, 5.41) is 3.40. The zero-order chi connectivity index (χ0) is 17.7. The molecule has 128 valence electrons. The maximum Gasteiger partial charge on any atom is 0.243 e. The molecule has 0 fully saturated rings. The zero-order valence-corrected chi connectivity index (χ0v) is 15.0. The highest BCUT2D eigenvalue weighted by atomic mass is 35.5. The smallest absolute Gasteiger partial charge is 0.243 e. The van der Waals surface area contributed by atoms with E-state index in [1.54, 1.807) is 48.5 Å². The van der Waals surface area contributed by atoms with E-state index in [0.29, 0.717) is 10.6 Å². The Morgan fingerprint density at radius 2 is 1.71 bits per heavy atom. The van der Waals surface area contributed by atoms with Crippen molar-refractivity contribution in [2.45, 2.75) is 12.6 Å². The quantitative estimate of drug-likeness (QED) is 0.854. The van der Waals surface area contributed by atoms with Crippen LogP contribution in [0.4, 0.5) is 0 Å². The van der Waals surface area contributed by atoms with E-state index >= 15 is 0 Å². The van der Waals surface area contributed by atoms with Gasteiger partial charge in [0, 0.05) is 18.6 Å². The number of rotatable bonds is 6. The number of hydrogen-bond donors (Lipinski definition) is 1. The predicted octanol–water partition coefficient (Wildman–Crippen LogP) is 2.59. The molecule has 7 heteroatoms. The molecule has 0 aliphatic carbocycles. The second-order valence-corrected chi connectivity index (χ2v) is 7.92. The number of benzene rings is 2. The first-order valence-electron chi connectivity index (χ1n) is 7.29. The molecule has 2 aromatic carbocycles. The molecule has 2 aromatic rings. The molecule has 0 aliphatic rings. The molecule has 2 rings (SSSR count). The third kappa shape index (κ3) is 4.80. The predicted molar refractivity (Wildman–Crippen MR) is 95.1 cm³/mol. The van der Waals surface area contributed by atoms with Gasteiger partial charge in [-0.1, -0.05) is 54.1 Å². The number of amides is 1. The lowest BCUT2D eigenvalue weighted by Crippen LogP contribution is -2.41.